The molecule has 3 aliphatic rings. The first-order valence-corrected chi connectivity index (χ1v) is 14.6. The fourth-order valence-electron chi connectivity index (χ4n) is 6.95. The largest absolute Gasteiger partial charge is 0.355 e. The zero-order valence-corrected chi connectivity index (χ0v) is 24.1. The van der Waals surface area contributed by atoms with Gasteiger partial charge in [-0.15, -0.1) is 0 Å². The second kappa shape index (κ2) is 9.41. The van der Waals surface area contributed by atoms with Crippen molar-refractivity contribution in [3.63, 3.8) is 0 Å². The van der Waals surface area contributed by atoms with Gasteiger partial charge in [-0.1, -0.05) is 34.1 Å². The molecule has 0 aromatic carbocycles. The maximum atomic E-state index is 5.33. The monoisotopic (exact) mass is 504 g/mol. The summed E-state index contributed by atoms with van der Waals surface area (Å²) in [5.41, 5.74) is 21.7. The minimum Gasteiger partial charge on any atom is -0.355 e. The minimum atomic E-state index is 0.981. The molecule has 3 aromatic rings. The average Bonchev–Trinajstić information content (AvgIpc) is 3.67. The molecule has 4 heteroatoms. The van der Waals surface area contributed by atoms with E-state index in [0.29, 0.717) is 0 Å². The summed E-state index contributed by atoms with van der Waals surface area (Å²) in [6.45, 7) is 15.8. The Bertz CT molecular complexity index is 1700. The number of hydrogen-bond donors (Lipinski definition) is 2. The molecule has 0 spiro atoms. The number of aromatic amines is 2. The molecule has 6 rings (SSSR count). The van der Waals surface area contributed by atoms with E-state index in [2.05, 4.69) is 76.6 Å². The second-order valence-electron chi connectivity index (χ2n) is 11.1. The van der Waals surface area contributed by atoms with Gasteiger partial charge in [0.1, 0.15) is 0 Å². The van der Waals surface area contributed by atoms with Crippen LogP contribution in [0, 0.1) is 13.8 Å². The zero-order valence-electron chi connectivity index (χ0n) is 24.1. The van der Waals surface area contributed by atoms with Crippen LogP contribution in [-0.4, -0.2) is 19.9 Å². The van der Waals surface area contributed by atoms with Crippen LogP contribution in [0.25, 0.3) is 44.4 Å². The highest BCUT2D eigenvalue weighted by Gasteiger charge is 2.30. The topological polar surface area (TPSA) is 57.4 Å². The molecule has 0 amide bonds. The maximum absolute atomic E-state index is 5.33. The summed E-state index contributed by atoms with van der Waals surface area (Å²) in [5.74, 6) is 0. The number of rotatable bonds is 5. The van der Waals surface area contributed by atoms with E-state index in [1.54, 1.807) is 0 Å². The van der Waals surface area contributed by atoms with Gasteiger partial charge in [0.25, 0.3) is 0 Å². The Morgan fingerprint density at radius 1 is 0.658 bits per heavy atom. The first-order chi connectivity index (χ1) is 18.4. The van der Waals surface area contributed by atoms with Crippen molar-refractivity contribution in [3.8, 4) is 0 Å². The summed E-state index contributed by atoms with van der Waals surface area (Å²) < 4.78 is 0. The molecule has 0 atom stereocenters. The molecular weight excluding hydrogens is 464 g/mol. The lowest BCUT2D eigenvalue weighted by Gasteiger charge is -2.03. The fraction of sp³-hybridized carbons (Fsp3) is 0.412. The first kappa shape index (κ1) is 24.9. The SMILES string of the molecule is CCCc1c(C)c2cc3[nH]c(cc4nc(c5c6nc(cc1[nH]2)C(CC)=C6CC5)C(CC)=C4C)c(C)c3CC. The molecule has 0 fully saturated rings. The van der Waals surface area contributed by atoms with E-state index in [4.69, 9.17) is 9.97 Å². The van der Waals surface area contributed by atoms with Gasteiger partial charge in [0.2, 0.25) is 0 Å². The van der Waals surface area contributed by atoms with Gasteiger partial charge in [-0.3, -0.25) is 0 Å². The number of aryl methyl sites for hydroxylation is 4. The average molecular weight is 505 g/mol. The van der Waals surface area contributed by atoms with Gasteiger partial charge in [-0.2, -0.15) is 0 Å². The van der Waals surface area contributed by atoms with Crippen molar-refractivity contribution in [2.75, 3.05) is 0 Å². The molecule has 3 aromatic heterocycles. The molecule has 38 heavy (non-hydrogen) atoms. The van der Waals surface area contributed by atoms with Crippen molar-refractivity contribution >= 4 is 44.4 Å². The number of nitrogens with one attached hydrogen (secondary N) is 2. The highest BCUT2D eigenvalue weighted by atomic mass is 14.8. The van der Waals surface area contributed by atoms with Crippen molar-refractivity contribution in [1.82, 2.24) is 19.9 Å². The van der Waals surface area contributed by atoms with Gasteiger partial charge in [0.05, 0.1) is 22.8 Å². The van der Waals surface area contributed by atoms with Crippen LogP contribution in [0.2, 0.25) is 0 Å². The van der Waals surface area contributed by atoms with Crippen LogP contribution in [0.3, 0.4) is 0 Å². The van der Waals surface area contributed by atoms with Gasteiger partial charge in [-0.25, -0.2) is 9.97 Å². The van der Waals surface area contributed by atoms with Gasteiger partial charge < -0.3 is 9.97 Å². The van der Waals surface area contributed by atoms with E-state index in [0.717, 1.165) is 56.3 Å². The van der Waals surface area contributed by atoms with Crippen LogP contribution in [-0.2, 0) is 19.3 Å². The van der Waals surface area contributed by atoms with Gasteiger partial charge in [-0.05, 0) is 122 Å². The Labute approximate surface area is 226 Å². The van der Waals surface area contributed by atoms with Crippen LogP contribution >= 0.6 is 0 Å². The third-order valence-corrected chi connectivity index (χ3v) is 9.06. The molecule has 4 nitrogen and oxygen atoms in total. The van der Waals surface area contributed by atoms with E-state index >= 15 is 0 Å². The summed E-state index contributed by atoms with van der Waals surface area (Å²) in [5, 5.41) is 0. The fourth-order valence-corrected chi connectivity index (χ4v) is 6.95. The molecular formula is C34H40N4. The molecule has 0 unspecified atom stereocenters. The van der Waals surface area contributed by atoms with Crippen molar-refractivity contribution in [1.29, 1.82) is 0 Å². The van der Waals surface area contributed by atoms with Crippen molar-refractivity contribution in [2.24, 2.45) is 0 Å². The highest BCUT2D eigenvalue weighted by molar-refractivity contribution is 5.99. The van der Waals surface area contributed by atoms with Crippen LogP contribution in [0.1, 0.15) is 111 Å². The molecule has 5 heterocycles. The molecule has 0 saturated carbocycles. The lowest BCUT2D eigenvalue weighted by atomic mass is 10.00. The standard InChI is InChI=1S/C34H40N4/c1-8-12-24-20(7)28-16-30-21(9-2)18(5)27(35-30)15-29-19(6)22(10-3)33(37-29)26-14-13-25-23(11-4)31(38-34(25)26)17-32(24)36-28/h15-17,35-36H,8-14H2,1-7H3. The third kappa shape index (κ3) is 3.64. The third-order valence-electron chi connectivity index (χ3n) is 9.06. The van der Waals surface area contributed by atoms with Crippen LogP contribution in [0.15, 0.2) is 18.2 Å². The number of allylic oxidation sites excluding steroid dienone is 4. The Hall–Kier alpha value is -3.40. The number of hydrogen-bond acceptors (Lipinski definition) is 2. The minimum absolute atomic E-state index is 0.981. The normalized spacial score (nSPS) is 14.8. The van der Waals surface area contributed by atoms with Crippen molar-refractivity contribution in [2.45, 2.75) is 93.4 Å². The molecule has 0 radical (unpaired) electrons. The summed E-state index contributed by atoms with van der Waals surface area (Å²) in [6.07, 6.45) is 7.24. The van der Waals surface area contributed by atoms with E-state index in [1.807, 2.05) is 0 Å². The van der Waals surface area contributed by atoms with E-state index in [9.17, 15) is 0 Å². The Morgan fingerprint density at radius 3 is 1.97 bits per heavy atom. The summed E-state index contributed by atoms with van der Waals surface area (Å²) in [6, 6.07) is 6.92. The van der Waals surface area contributed by atoms with Crippen LogP contribution in [0.4, 0.5) is 0 Å². The molecule has 1 aliphatic carbocycles. The number of H-pyrrole nitrogens is 2. The Kier molecular flexibility index (Phi) is 6.17. The van der Waals surface area contributed by atoms with E-state index in [1.165, 1.54) is 83.6 Å². The number of aromatic nitrogens is 4. The van der Waals surface area contributed by atoms with E-state index < -0.39 is 0 Å². The second-order valence-corrected chi connectivity index (χ2v) is 11.1. The van der Waals surface area contributed by atoms with Gasteiger partial charge in [0, 0.05) is 27.6 Å². The molecule has 2 N–H and O–H groups in total. The van der Waals surface area contributed by atoms with E-state index in [-0.39, 0.29) is 0 Å². The Morgan fingerprint density at radius 2 is 1.29 bits per heavy atom. The first-order valence-electron chi connectivity index (χ1n) is 14.6. The van der Waals surface area contributed by atoms with Crippen LogP contribution < -0.4 is 0 Å². The smallest absolute Gasteiger partial charge is 0.0726 e. The molecule has 196 valence electrons. The van der Waals surface area contributed by atoms with Crippen molar-refractivity contribution in [3.05, 3.63) is 68.8 Å². The van der Waals surface area contributed by atoms with Crippen LogP contribution in [0.5, 0.6) is 0 Å². The number of fused-ring (bicyclic) bond motifs is 8. The molecule has 0 saturated heterocycles. The molecule has 8 bridgehead atoms. The Balaban J connectivity index is 1.82. The zero-order chi connectivity index (χ0) is 26.7. The van der Waals surface area contributed by atoms with Crippen molar-refractivity contribution < 1.29 is 0 Å². The van der Waals surface area contributed by atoms with Gasteiger partial charge >= 0.3 is 0 Å². The quantitative estimate of drug-likeness (QED) is 0.364. The predicted octanol–water partition coefficient (Wildman–Crippen LogP) is 9.05. The predicted molar refractivity (Wildman–Crippen MR) is 162 cm³/mol. The lowest BCUT2D eigenvalue weighted by Crippen LogP contribution is -1.92. The lowest BCUT2D eigenvalue weighted by molar-refractivity contribution is 0.924. The summed E-state index contributed by atoms with van der Waals surface area (Å²) >= 11 is 0. The maximum Gasteiger partial charge on any atom is 0.0726 e. The molecule has 2 aliphatic heterocycles. The highest BCUT2D eigenvalue weighted by Crippen LogP contribution is 2.45. The summed E-state index contributed by atoms with van der Waals surface area (Å²) in [7, 11) is 0. The van der Waals surface area contributed by atoms with Gasteiger partial charge in [0.15, 0.2) is 0 Å². The summed E-state index contributed by atoms with van der Waals surface area (Å²) in [4.78, 5) is 18.2. The number of nitrogens with zero attached hydrogens (tertiary/aromatic N) is 2.